The van der Waals surface area contributed by atoms with Crippen LogP contribution in [0.15, 0.2) is 30.5 Å². The average Bonchev–Trinajstić information content (AvgIpc) is 2.91. The van der Waals surface area contributed by atoms with Crippen LogP contribution in [0.3, 0.4) is 0 Å². The Bertz CT molecular complexity index is 606. The van der Waals surface area contributed by atoms with E-state index in [0.29, 0.717) is 6.54 Å². The summed E-state index contributed by atoms with van der Waals surface area (Å²) in [6, 6.07) is 7.89. The number of anilines is 1. The molecule has 4 nitrogen and oxygen atoms in total. The molecule has 1 fully saturated rings. The lowest BCUT2D eigenvalue weighted by atomic mass is 10.0. The lowest BCUT2D eigenvalue weighted by Crippen LogP contribution is -2.33. The van der Waals surface area contributed by atoms with Crippen molar-refractivity contribution in [1.82, 2.24) is 4.98 Å². The van der Waals surface area contributed by atoms with Crippen molar-refractivity contribution in [1.29, 1.82) is 0 Å². The van der Waals surface area contributed by atoms with E-state index in [9.17, 15) is 5.11 Å². The zero-order valence-corrected chi connectivity index (χ0v) is 11.7. The van der Waals surface area contributed by atoms with Crippen LogP contribution < -0.4 is 10.1 Å². The Morgan fingerprint density at radius 3 is 2.85 bits per heavy atom. The van der Waals surface area contributed by atoms with Crippen LogP contribution in [-0.4, -0.2) is 29.3 Å². The van der Waals surface area contributed by atoms with Crippen molar-refractivity contribution >= 4 is 16.6 Å². The molecule has 3 rings (SSSR count). The lowest BCUT2D eigenvalue weighted by Gasteiger charge is -2.23. The van der Waals surface area contributed by atoms with Crippen LogP contribution in [-0.2, 0) is 0 Å². The standard InChI is InChI=1S/C16H20N2O2/c1-20-13-4-5-14-12(10-13)6-9-17-15(14)18-11-16(19)7-2-3-8-16/h4-6,9-10,19H,2-3,7-8,11H2,1H3,(H,17,18). The third kappa shape index (κ3) is 2.56. The van der Waals surface area contributed by atoms with Crippen molar-refractivity contribution in [2.45, 2.75) is 31.3 Å². The molecule has 4 heteroatoms. The number of ether oxygens (including phenoxy) is 1. The number of pyridine rings is 1. The largest absolute Gasteiger partial charge is 0.497 e. The molecule has 1 aromatic heterocycles. The number of aliphatic hydroxyl groups is 1. The van der Waals surface area contributed by atoms with E-state index in [1.165, 1.54) is 0 Å². The van der Waals surface area contributed by atoms with Gasteiger partial charge >= 0.3 is 0 Å². The number of hydrogen-bond donors (Lipinski definition) is 2. The summed E-state index contributed by atoms with van der Waals surface area (Å²) in [6.45, 7) is 0.561. The maximum Gasteiger partial charge on any atom is 0.133 e. The Hall–Kier alpha value is -1.81. The number of hydrogen-bond acceptors (Lipinski definition) is 4. The van der Waals surface area contributed by atoms with Gasteiger partial charge in [0.15, 0.2) is 0 Å². The van der Waals surface area contributed by atoms with Crippen LogP contribution in [0.1, 0.15) is 25.7 Å². The summed E-state index contributed by atoms with van der Waals surface area (Å²) in [4.78, 5) is 4.39. The molecule has 1 heterocycles. The van der Waals surface area contributed by atoms with E-state index in [1.807, 2.05) is 24.3 Å². The molecule has 0 atom stereocenters. The molecule has 0 saturated heterocycles. The number of methoxy groups -OCH3 is 1. The summed E-state index contributed by atoms with van der Waals surface area (Å²) in [5.74, 6) is 1.66. The molecule has 0 amide bonds. The van der Waals surface area contributed by atoms with Crippen LogP contribution in [0.5, 0.6) is 5.75 Å². The summed E-state index contributed by atoms with van der Waals surface area (Å²) < 4.78 is 5.24. The van der Waals surface area contributed by atoms with Gasteiger partial charge in [-0.15, -0.1) is 0 Å². The van der Waals surface area contributed by atoms with Gasteiger partial charge in [-0.3, -0.25) is 0 Å². The Morgan fingerprint density at radius 2 is 2.10 bits per heavy atom. The van der Waals surface area contributed by atoms with E-state index < -0.39 is 5.60 Å². The molecule has 1 aliphatic carbocycles. The first-order valence-electron chi connectivity index (χ1n) is 7.09. The minimum atomic E-state index is -0.573. The molecule has 1 aliphatic rings. The molecule has 1 aromatic carbocycles. The van der Waals surface area contributed by atoms with Crippen LogP contribution in [0.25, 0.3) is 10.8 Å². The van der Waals surface area contributed by atoms with Gasteiger partial charge in [-0.2, -0.15) is 0 Å². The Balaban J connectivity index is 1.84. The topological polar surface area (TPSA) is 54.4 Å². The second-order valence-electron chi connectivity index (χ2n) is 5.53. The summed E-state index contributed by atoms with van der Waals surface area (Å²) in [6.07, 6.45) is 5.75. The number of rotatable bonds is 4. The van der Waals surface area contributed by atoms with Gasteiger partial charge in [0.1, 0.15) is 11.6 Å². The van der Waals surface area contributed by atoms with Gasteiger partial charge in [0.05, 0.1) is 12.7 Å². The third-order valence-corrected chi connectivity index (χ3v) is 4.09. The predicted molar refractivity (Wildman–Crippen MR) is 80.2 cm³/mol. The second-order valence-corrected chi connectivity index (χ2v) is 5.53. The number of fused-ring (bicyclic) bond motifs is 1. The van der Waals surface area contributed by atoms with Gasteiger partial charge in [0, 0.05) is 18.1 Å². The maximum absolute atomic E-state index is 10.4. The number of nitrogens with one attached hydrogen (secondary N) is 1. The maximum atomic E-state index is 10.4. The van der Waals surface area contributed by atoms with Gasteiger partial charge in [0.2, 0.25) is 0 Å². The molecule has 0 radical (unpaired) electrons. The van der Waals surface area contributed by atoms with E-state index in [4.69, 9.17) is 4.74 Å². The van der Waals surface area contributed by atoms with Crippen molar-refractivity contribution in [2.75, 3.05) is 19.0 Å². The zero-order chi connectivity index (χ0) is 14.0. The molecule has 0 aliphatic heterocycles. The molecule has 20 heavy (non-hydrogen) atoms. The number of benzene rings is 1. The van der Waals surface area contributed by atoms with Gasteiger partial charge < -0.3 is 15.2 Å². The van der Waals surface area contributed by atoms with Crippen LogP contribution >= 0.6 is 0 Å². The van der Waals surface area contributed by atoms with Crippen molar-refractivity contribution in [2.24, 2.45) is 0 Å². The van der Waals surface area contributed by atoms with Crippen molar-refractivity contribution in [3.05, 3.63) is 30.5 Å². The number of nitrogens with zero attached hydrogens (tertiary/aromatic N) is 1. The van der Waals surface area contributed by atoms with Crippen molar-refractivity contribution < 1.29 is 9.84 Å². The molecular formula is C16H20N2O2. The van der Waals surface area contributed by atoms with Gasteiger partial charge in [-0.25, -0.2) is 4.98 Å². The highest BCUT2D eigenvalue weighted by molar-refractivity contribution is 5.92. The quantitative estimate of drug-likeness (QED) is 0.898. The smallest absolute Gasteiger partial charge is 0.133 e. The molecule has 0 bridgehead atoms. The van der Waals surface area contributed by atoms with Gasteiger partial charge in [-0.1, -0.05) is 12.8 Å². The molecule has 0 unspecified atom stereocenters. The molecule has 106 valence electrons. The van der Waals surface area contributed by atoms with Crippen LogP contribution in [0, 0.1) is 0 Å². The highest BCUT2D eigenvalue weighted by Gasteiger charge is 2.30. The van der Waals surface area contributed by atoms with E-state index in [1.54, 1.807) is 13.3 Å². The first kappa shape index (κ1) is 13.2. The van der Waals surface area contributed by atoms with Gasteiger partial charge in [-0.05, 0) is 42.5 Å². The van der Waals surface area contributed by atoms with Crippen LogP contribution in [0.2, 0.25) is 0 Å². The monoisotopic (exact) mass is 272 g/mol. The Morgan fingerprint density at radius 1 is 1.30 bits per heavy atom. The molecular weight excluding hydrogens is 252 g/mol. The normalized spacial score (nSPS) is 17.3. The average molecular weight is 272 g/mol. The summed E-state index contributed by atoms with van der Waals surface area (Å²) in [7, 11) is 1.66. The minimum absolute atomic E-state index is 0.561. The third-order valence-electron chi connectivity index (χ3n) is 4.09. The van der Waals surface area contributed by atoms with Crippen LogP contribution in [0.4, 0.5) is 5.82 Å². The molecule has 0 spiro atoms. The van der Waals surface area contributed by atoms with Gasteiger partial charge in [0.25, 0.3) is 0 Å². The fourth-order valence-electron chi connectivity index (χ4n) is 2.88. The van der Waals surface area contributed by atoms with E-state index in [2.05, 4.69) is 10.3 Å². The van der Waals surface area contributed by atoms with E-state index in [0.717, 1.165) is 48.0 Å². The van der Waals surface area contributed by atoms with E-state index in [-0.39, 0.29) is 0 Å². The first-order chi connectivity index (χ1) is 9.70. The molecule has 2 aromatic rings. The lowest BCUT2D eigenvalue weighted by molar-refractivity contribution is 0.0614. The Labute approximate surface area is 118 Å². The van der Waals surface area contributed by atoms with Crippen molar-refractivity contribution in [3.8, 4) is 5.75 Å². The highest BCUT2D eigenvalue weighted by atomic mass is 16.5. The van der Waals surface area contributed by atoms with E-state index >= 15 is 0 Å². The first-order valence-corrected chi connectivity index (χ1v) is 7.09. The SMILES string of the molecule is COc1ccc2c(NCC3(O)CCCC3)nccc2c1. The minimum Gasteiger partial charge on any atom is -0.497 e. The summed E-state index contributed by atoms with van der Waals surface area (Å²) in [5.41, 5.74) is -0.573. The fraction of sp³-hybridized carbons (Fsp3) is 0.438. The Kier molecular flexibility index (Phi) is 3.49. The number of aromatic nitrogens is 1. The van der Waals surface area contributed by atoms with Crippen molar-refractivity contribution in [3.63, 3.8) is 0 Å². The zero-order valence-electron chi connectivity index (χ0n) is 11.7. The second kappa shape index (κ2) is 5.29. The highest BCUT2D eigenvalue weighted by Crippen LogP contribution is 2.31. The predicted octanol–water partition coefficient (Wildman–Crippen LogP) is 2.96. The molecule has 1 saturated carbocycles. The summed E-state index contributed by atoms with van der Waals surface area (Å²) >= 11 is 0. The fourth-order valence-corrected chi connectivity index (χ4v) is 2.88. The molecule has 2 N–H and O–H groups in total. The summed E-state index contributed by atoms with van der Waals surface area (Å²) in [5, 5.41) is 15.8.